The molecule has 0 amide bonds. The molecule has 0 saturated heterocycles. The summed E-state index contributed by atoms with van der Waals surface area (Å²) in [7, 11) is -6.38. The summed E-state index contributed by atoms with van der Waals surface area (Å²) in [6.07, 6.45) is 0.934. The summed E-state index contributed by atoms with van der Waals surface area (Å²) in [5, 5.41) is 0. The smallest absolute Gasteiger partial charge is 0.433 e. The molecule has 0 aliphatic carbocycles. The maximum Gasteiger partial charge on any atom is 0.508 e. The highest BCUT2D eigenvalue weighted by Crippen LogP contribution is 1.90. The zero-order valence-corrected chi connectivity index (χ0v) is 10.6. The summed E-state index contributed by atoms with van der Waals surface area (Å²) in [5.41, 5.74) is 0. The highest BCUT2D eigenvalue weighted by Gasteiger charge is 2.09. The Hall–Kier alpha value is -0.830. The van der Waals surface area contributed by atoms with Crippen molar-refractivity contribution in [2.75, 3.05) is 37.2 Å². The average molecular weight is 274 g/mol. The Morgan fingerprint density at radius 2 is 1.19 bits per heavy atom. The quantitative estimate of drug-likeness (QED) is 0.586. The van der Waals surface area contributed by atoms with Gasteiger partial charge in [-0.3, -0.25) is 0 Å². The molecule has 0 radical (unpaired) electrons. The first-order valence-corrected chi connectivity index (χ1v) is 8.37. The number of sulfone groups is 2. The van der Waals surface area contributed by atoms with Gasteiger partial charge in [0.25, 0.3) is 0 Å². The first kappa shape index (κ1) is 15.2. The van der Waals surface area contributed by atoms with Crippen LogP contribution in [0.15, 0.2) is 0 Å². The number of hydrogen-bond acceptors (Lipinski definition) is 7. The summed E-state index contributed by atoms with van der Waals surface area (Å²) in [6.45, 7) is -0.618. The Morgan fingerprint density at radius 1 is 0.875 bits per heavy atom. The molecular weight excluding hydrogens is 260 g/mol. The van der Waals surface area contributed by atoms with Gasteiger partial charge in [0.15, 0.2) is 19.7 Å². The number of carbonyl (C=O) groups excluding carboxylic acids is 1. The second-order valence-corrected chi connectivity index (χ2v) is 7.73. The van der Waals surface area contributed by atoms with Crippen LogP contribution in [0, 0.1) is 0 Å². The largest absolute Gasteiger partial charge is 0.508 e. The zero-order valence-electron chi connectivity index (χ0n) is 9.00. The van der Waals surface area contributed by atoms with Crippen LogP contribution in [0.25, 0.3) is 0 Å². The van der Waals surface area contributed by atoms with Gasteiger partial charge in [0.05, 0.1) is 11.5 Å². The van der Waals surface area contributed by atoms with E-state index in [0.717, 1.165) is 12.5 Å². The van der Waals surface area contributed by atoms with Gasteiger partial charge < -0.3 is 9.47 Å². The van der Waals surface area contributed by atoms with E-state index >= 15 is 0 Å². The predicted octanol–water partition coefficient (Wildman–Crippen LogP) is -0.771. The fourth-order valence-corrected chi connectivity index (χ4v) is 1.37. The minimum atomic E-state index is -3.19. The fraction of sp³-hybridized carbons (Fsp3) is 0.857. The van der Waals surface area contributed by atoms with Crippen molar-refractivity contribution in [3.8, 4) is 0 Å². The van der Waals surface area contributed by atoms with E-state index in [9.17, 15) is 21.6 Å². The molecule has 0 N–H and O–H groups in total. The Balaban J connectivity index is 3.69. The molecule has 7 nitrogen and oxygen atoms in total. The van der Waals surface area contributed by atoms with Crippen LogP contribution in [-0.4, -0.2) is 60.2 Å². The second-order valence-electron chi connectivity index (χ2n) is 3.21. The van der Waals surface area contributed by atoms with Crippen molar-refractivity contribution in [1.29, 1.82) is 0 Å². The molecule has 96 valence electrons. The first-order valence-electron chi connectivity index (χ1n) is 4.25. The van der Waals surface area contributed by atoms with E-state index in [-0.39, 0.29) is 24.7 Å². The summed E-state index contributed by atoms with van der Waals surface area (Å²) >= 11 is 0. The van der Waals surface area contributed by atoms with E-state index in [4.69, 9.17) is 0 Å². The lowest BCUT2D eigenvalue weighted by Crippen LogP contribution is -2.18. The molecule has 0 atom stereocenters. The third-order valence-electron chi connectivity index (χ3n) is 1.35. The summed E-state index contributed by atoms with van der Waals surface area (Å²) < 4.78 is 51.4. The van der Waals surface area contributed by atoms with E-state index in [0.29, 0.717) is 0 Å². The molecule has 0 aliphatic heterocycles. The monoisotopic (exact) mass is 274 g/mol. The van der Waals surface area contributed by atoms with Gasteiger partial charge in [-0.25, -0.2) is 21.6 Å². The molecule has 0 unspecified atom stereocenters. The third kappa shape index (κ3) is 11.2. The van der Waals surface area contributed by atoms with Gasteiger partial charge in [0.1, 0.15) is 13.2 Å². The van der Waals surface area contributed by atoms with Crippen LogP contribution in [0.3, 0.4) is 0 Å². The lowest BCUT2D eigenvalue weighted by atomic mass is 10.8. The van der Waals surface area contributed by atoms with Gasteiger partial charge in [0, 0.05) is 12.5 Å². The van der Waals surface area contributed by atoms with Gasteiger partial charge in [-0.1, -0.05) is 0 Å². The van der Waals surface area contributed by atoms with Crippen molar-refractivity contribution < 1.29 is 31.1 Å². The highest BCUT2D eigenvalue weighted by atomic mass is 32.2. The normalized spacial score (nSPS) is 12.1. The molecule has 0 aromatic carbocycles. The molecule has 0 rings (SSSR count). The average Bonchev–Trinajstić information content (AvgIpc) is 1.98. The van der Waals surface area contributed by atoms with E-state index in [2.05, 4.69) is 9.47 Å². The van der Waals surface area contributed by atoms with Gasteiger partial charge in [-0.2, -0.15) is 0 Å². The van der Waals surface area contributed by atoms with Gasteiger partial charge >= 0.3 is 6.16 Å². The molecule has 0 spiro atoms. The third-order valence-corrected chi connectivity index (χ3v) is 3.16. The summed E-state index contributed by atoms with van der Waals surface area (Å²) in [5.74, 6) is -0.595. The molecule has 0 aromatic heterocycles. The van der Waals surface area contributed by atoms with Crippen LogP contribution in [0.5, 0.6) is 0 Å². The first-order chi connectivity index (χ1) is 7.10. The Labute approximate surface area is 94.6 Å². The van der Waals surface area contributed by atoms with Crippen molar-refractivity contribution in [1.82, 2.24) is 0 Å². The van der Waals surface area contributed by atoms with Crippen LogP contribution in [-0.2, 0) is 29.1 Å². The number of hydrogen-bond donors (Lipinski definition) is 0. The molecule has 0 saturated carbocycles. The SMILES string of the molecule is CS(=O)(=O)CCOC(=O)OCCS(C)(=O)=O. The van der Waals surface area contributed by atoms with Crippen LogP contribution >= 0.6 is 0 Å². The zero-order chi connectivity index (χ0) is 12.8. The number of ether oxygens (including phenoxy) is 2. The number of carbonyl (C=O) groups is 1. The van der Waals surface area contributed by atoms with E-state index in [1.165, 1.54) is 0 Å². The molecule has 16 heavy (non-hydrogen) atoms. The minimum Gasteiger partial charge on any atom is -0.433 e. The predicted molar refractivity (Wildman–Crippen MR) is 56.7 cm³/mol. The Kier molecular flexibility index (Phi) is 5.73. The van der Waals surface area contributed by atoms with E-state index in [1.807, 2.05) is 0 Å². The summed E-state index contributed by atoms with van der Waals surface area (Å²) in [4.78, 5) is 10.8. The van der Waals surface area contributed by atoms with Crippen molar-refractivity contribution in [3.05, 3.63) is 0 Å². The minimum absolute atomic E-state index is 0.297. The highest BCUT2D eigenvalue weighted by molar-refractivity contribution is 7.90. The van der Waals surface area contributed by atoms with Gasteiger partial charge in [0.2, 0.25) is 0 Å². The van der Waals surface area contributed by atoms with Crippen molar-refractivity contribution in [3.63, 3.8) is 0 Å². The molecule has 0 heterocycles. The second kappa shape index (κ2) is 6.04. The molecular formula is C7H14O7S2. The Morgan fingerprint density at radius 3 is 1.44 bits per heavy atom. The van der Waals surface area contributed by atoms with E-state index < -0.39 is 25.8 Å². The molecule has 9 heteroatoms. The van der Waals surface area contributed by atoms with Crippen LogP contribution < -0.4 is 0 Å². The van der Waals surface area contributed by atoms with Gasteiger partial charge in [-0.15, -0.1) is 0 Å². The Bertz CT molecular complexity index is 380. The maximum absolute atomic E-state index is 10.8. The molecule has 0 bridgehead atoms. The van der Waals surface area contributed by atoms with Gasteiger partial charge in [-0.05, 0) is 0 Å². The summed E-state index contributed by atoms with van der Waals surface area (Å²) in [6, 6.07) is 0. The molecule has 0 aliphatic rings. The van der Waals surface area contributed by atoms with Crippen molar-refractivity contribution in [2.24, 2.45) is 0 Å². The molecule has 0 aromatic rings. The standard InChI is InChI=1S/C7H14O7S2/c1-15(9,10)5-3-13-7(8)14-4-6-16(2,11)12/h3-6H2,1-2H3. The fourth-order valence-electron chi connectivity index (χ4n) is 0.594. The van der Waals surface area contributed by atoms with Crippen molar-refractivity contribution >= 4 is 25.8 Å². The number of rotatable bonds is 6. The van der Waals surface area contributed by atoms with E-state index in [1.54, 1.807) is 0 Å². The van der Waals surface area contributed by atoms with Crippen molar-refractivity contribution in [2.45, 2.75) is 0 Å². The molecule has 0 fully saturated rings. The van der Waals surface area contributed by atoms with Crippen LogP contribution in [0.2, 0.25) is 0 Å². The lowest BCUT2D eigenvalue weighted by molar-refractivity contribution is 0.0641. The lowest BCUT2D eigenvalue weighted by Gasteiger charge is -2.04. The maximum atomic E-state index is 10.8. The van der Waals surface area contributed by atoms with Crippen LogP contribution in [0.4, 0.5) is 4.79 Å². The van der Waals surface area contributed by atoms with Crippen LogP contribution in [0.1, 0.15) is 0 Å². The topological polar surface area (TPSA) is 104 Å².